The van der Waals surface area contributed by atoms with Crippen molar-refractivity contribution in [3.63, 3.8) is 0 Å². The highest BCUT2D eigenvalue weighted by molar-refractivity contribution is 7.15. The lowest BCUT2D eigenvalue weighted by Gasteiger charge is -2.21. The van der Waals surface area contributed by atoms with Crippen LogP contribution >= 0.6 is 11.3 Å². The van der Waals surface area contributed by atoms with Gasteiger partial charge in [0.1, 0.15) is 0 Å². The van der Waals surface area contributed by atoms with Gasteiger partial charge in [0.15, 0.2) is 0 Å². The van der Waals surface area contributed by atoms with Crippen molar-refractivity contribution in [2.24, 2.45) is 0 Å². The van der Waals surface area contributed by atoms with Crippen LogP contribution in [0, 0.1) is 10.1 Å². The zero-order valence-corrected chi connectivity index (χ0v) is 11.6. The van der Waals surface area contributed by atoms with Crippen LogP contribution in [0.25, 0.3) is 0 Å². The van der Waals surface area contributed by atoms with Crippen molar-refractivity contribution in [1.29, 1.82) is 0 Å². The van der Waals surface area contributed by atoms with E-state index in [2.05, 4.69) is 5.32 Å². The van der Waals surface area contributed by atoms with E-state index in [1.165, 1.54) is 17.4 Å². The Bertz CT molecular complexity index is 475. The van der Waals surface area contributed by atoms with Crippen LogP contribution < -0.4 is 5.32 Å². The first-order valence-electron chi connectivity index (χ1n) is 6.30. The molecule has 1 saturated heterocycles. The van der Waals surface area contributed by atoms with E-state index in [9.17, 15) is 14.9 Å². The van der Waals surface area contributed by atoms with Gasteiger partial charge < -0.3 is 10.2 Å². The zero-order chi connectivity index (χ0) is 13.8. The van der Waals surface area contributed by atoms with Gasteiger partial charge in [-0.1, -0.05) is 11.3 Å². The fourth-order valence-corrected chi connectivity index (χ4v) is 2.90. The third-order valence-electron chi connectivity index (χ3n) is 3.12. The number of thiophene rings is 1. The molecular weight excluding hydrogens is 266 g/mol. The predicted molar refractivity (Wildman–Crippen MR) is 73.1 cm³/mol. The summed E-state index contributed by atoms with van der Waals surface area (Å²) < 4.78 is 0. The third-order valence-corrected chi connectivity index (χ3v) is 4.15. The molecule has 19 heavy (non-hydrogen) atoms. The molecule has 1 aliphatic rings. The molecule has 1 fully saturated rings. The third kappa shape index (κ3) is 3.74. The maximum atomic E-state index is 11.5. The smallest absolute Gasteiger partial charge is 0.324 e. The van der Waals surface area contributed by atoms with Gasteiger partial charge in [0.25, 0.3) is 0 Å². The Balaban J connectivity index is 1.77. The molecule has 1 unspecified atom stereocenters. The van der Waals surface area contributed by atoms with Crippen molar-refractivity contribution >= 4 is 22.2 Å². The lowest BCUT2D eigenvalue weighted by molar-refractivity contribution is -0.380. The van der Waals surface area contributed by atoms with Crippen molar-refractivity contribution in [3.8, 4) is 0 Å². The van der Waals surface area contributed by atoms with E-state index in [4.69, 9.17) is 0 Å². The summed E-state index contributed by atoms with van der Waals surface area (Å²) in [6.07, 6.45) is 1.60. The molecule has 2 heterocycles. The molecule has 0 aliphatic carbocycles. The van der Waals surface area contributed by atoms with Crippen LogP contribution in [-0.2, 0) is 11.3 Å². The maximum absolute atomic E-state index is 11.5. The van der Waals surface area contributed by atoms with E-state index in [-0.39, 0.29) is 21.9 Å². The Morgan fingerprint density at radius 1 is 1.58 bits per heavy atom. The lowest BCUT2D eigenvalue weighted by atomic mass is 10.3. The summed E-state index contributed by atoms with van der Waals surface area (Å²) in [7, 11) is 0. The minimum Gasteiger partial charge on any atom is -0.341 e. The molecule has 6 nitrogen and oxygen atoms in total. The molecule has 1 amide bonds. The number of nitrogens with zero attached hydrogens (tertiary/aromatic N) is 2. The minimum absolute atomic E-state index is 0.166. The van der Waals surface area contributed by atoms with E-state index >= 15 is 0 Å². The monoisotopic (exact) mass is 283 g/mol. The number of nitro groups is 1. The molecule has 2 rings (SSSR count). The van der Waals surface area contributed by atoms with Crippen LogP contribution in [-0.4, -0.2) is 34.9 Å². The molecule has 0 spiro atoms. The molecule has 1 aliphatic heterocycles. The molecule has 7 heteroatoms. The van der Waals surface area contributed by atoms with Crippen LogP contribution in [0.3, 0.4) is 0 Å². The van der Waals surface area contributed by atoms with E-state index in [1.54, 1.807) is 6.07 Å². The average Bonchev–Trinajstić information content (AvgIpc) is 2.97. The second kappa shape index (κ2) is 6.12. The number of hydrogen-bond acceptors (Lipinski definition) is 5. The fraction of sp³-hybridized carbons (Fsp3) is 0.583. The SMILES string of the molecule is CC(CN1CCCC1=O)NCc1ccc([N+](=O)[O-])s1. The van der Waals surface area contributed by atoms with E-state index < -0.39 is 0 Å². The van der Waals surface area contributed by atoms with Crippen molar-refractivity contribution in [1.82, 2.24) is 10.2 Å². The van der Waals surface area contributed by atoms with E-state index in [0.29, 0.717) is 19.5 Å². The number of carbonyl (C=O) groups excluding carboxylic acids is 1. The summed E-state index contributed by atoms with van der Waals surface area (Å²) >= 11 is 1.18. The van der Waals surface area contributed by atoms with Crippen LogP contribution in [0.5, 0.6) is 0 Å². The standard InChI is InChI=1S/C12H17N3O3S/c1-9(8-14-6-2-3-11(14)16)13-7-10-4-5-12(19-10)15(17)18/h4-5,9,13H,2-3,6-8H2,1H3. The van der Waals surface area contributed by atoms with Gasteiger partial charge >= 0.3 is 5.00 Å². The first-order valence-corrected chi connectivity index (χ1v) is 7.12. The summed E-state index contributed by atoms with van der Waals surface area (Å²) in [4.78, 5) is 24.5. The van der Waals surface area contributed by atoms with Crippen molar-refractivity contribution in [2.45, 2.75) is 32.4 Å². The largest absolute Gasteiger partial charge is 0.341 e. The van der Waals surface area contributed by atoms with Gasteiger partial charge in [0.05, 0.1) is 4.92 Å². The fourth-order valence-electron chi connectivity index (χ4n) is 2.13. The molecule has 0 radical (unpaired) electrons. The second-order valence-corrected chi connectivity index (χ2v) is 5.87. The number of rotatable bonds is 6. The highest BCUT2D eigenvalue weighted by atomic mass is 32.1. The number of nitrogens with one attached hydrogen (secondary N) is 1. The van der Waals surface area contributed by atoms with Gasteiger partial charge in [0.2, 0.25) is 5.91 Å². The van der Waals surface area contributed by atoms with Gasteiger partial charge in [0, 0.05) is 43.0 Å². The van der Waals surface area contributed by atoms with Crippen molar-refractivity contribution < 1.29 is 9.72 Å². The Kier molecular flexibility index (Phi) is 4.49. The lowest BCUT2D eigenvalue weighted by Crippen LogP contribution is -2.39. The molecule has 1 atom stereocenters. The maximum Gasteiger partial charge on any atom is 0.324 e. The number of amides is 1. The normalized spacial score (nSPS) is 16.9. The molecule has 1 aromatic rings. The highest BCUT2D eigenvalue weighted by Gasteiger charge is 2.21. The topological polar surface area (TPSA) is 75.5 Å². The Morgan fingerprint density at radius 2 is 2.37 bits per heavy atom. The van der Waals surface area contributed by atoms with Crippen LogP contribution in [0.1, 0.15) is 24.6 Å². The van der Waals surface area contributed by atoms with Gasteiger partial charge in [-0.3, -0.25) is 14.9 Å². The van der Waals surface area contributed by atoms with E-state index in [0.717, 1.165) is 17.8 Å². The summed E-state index contributed by atoms with van der Waals surface area (Å²) in [6, 6.07) is 3.48. The van der Waals surface area contributed by atoms with Gasteiger partial charge in [-0.2, -0.15) is 0 Å². The molecule has 104 valence electrons. The first-order chi connectivity index (χ1) is 9.06. The molecule has 0 aromatic carbocycles. The van der Waals surface area contributed by atoms with Gasteiger partial charge in [-0.05, 0) is 19.4 Å². The molecule has 1 aromatic heterocycles. The van der Waals surface area contributed by atoms with Gasteiger partial charge in [-0.25, -0.2) is 0 Å². The molecule has 1 N–H and O–H groups in total. The molecular formula is C12H17N3O3S. The quantitative estimate of drug-likeness (QED) is 0.637. The van der Waals surface area contributed by atoms with Crippen molar-refractivity contribution in [3.05, 3.63) is 27.1 Å². The Morgan fingerprint density at radius 3 is 2.95 bits per heavy atom. The van der Waals surface area contributed by atoms with Gasteiger partial charge in [-0.15, -0.1) is 0 Å². The molecule has 0 bridgehead atoms. The second-order valence-electron chi connectivity index (χ2n) is 4.72. The molecule has 0 saturated carbocycles. The van der Waals surface area contributed by atoms with E-state index in [1.807, 2.05) is 11.8 Å². The summed E-state index contributed by atoms with van der Waals surface area (Å²) in [5.41, 5.74) is 0. The number of likely N-dealkylation sites (tertiary alicyclic amines) is 1. The average molecular weight is 283 g/mol. The Hall–Kier alpha value is -1.47. The highest BCUT2D eigenvalue weighted by Crippen LogP contribution is 2.23. The predicted octanol–water partition coefficient (Wildman–Crippen LogP) is 1.76. The number of carbonyl (C=O) groups is 1. The first kappa shape index (κ1) is 14.0. The summed E-state index contributed by atoms with van der Waals surface area (Å²) in [5.74, 6) is 0.223. The Labute approximate surface area is 115 Å². The van der Waals surface area contributed by atoms with Crippen LogP contribution in [0.2, 0.25) is 0 Å². The van der Waals surface area contributed by atoms with Crippen LogP contribution in [0.15, 0.2) is 12.1 Å². The number of hydrogen-bond donors (Lipinski definition) is 1. The zero-order valence-electron chi connectivity index (χ0n) is 10.8. The minimum atomic E-state index is -0.375. The summed E-state index contributed by atoms with van der Waals surface area (Å²) in [5, 5.41) is 14.0. The van der Waals surface area contributed by atoms with Crippen molar-refractivity contribution in [2.75, 3.05) is 13.1 Å². The van der Waals surface area contributed by atoms with Crippen LogP contribution in [0.4, 0.5) is 5.00 Å². The summed E-state index contributed by atoms with van der Waals surface area (Å²) in [6.45, 7) is 4.16.